The van der Waals surface area contributed by atoms with Gasteiger partial charge in [0.2, 0.25) is 0 Å². The van der Waals surface area contributed by atoms with E-state index in [2.05, 4.69) is 44.9 Å². The molecule has 13 N–H and O–H groups in total. The zero-order chi connectivity index (χ0) is 44.5. The number of phosphoric ester groups is 1. The Hall–Kier alpha value is -4.63. The van der Waals surface area contributed by atoms with E-state index in [-0.39, 0.29) is 50.9 Å². The summed E-state index contributed by atoms with van der Waals surface area (Å²) in [6, 6.07) is 0. The molecule has 30 nitrogen and oxygen atoms in total. The average Bonchev–Trinajstić information content (AvgIpc) is 4.11. The van der Waals surface area contributed by atoms with Crippen LogP contribution in [0.25, 0.3) is 33.5 Å². The molecule has 0 aliphatic carbocycles. The summed E-state index contributed by atoms with van der Waals surface area (Å²) in [5, 5.41) is 54.2. The number of aliphatic hydroxyl groups excluding tert-OH is 5. The van der Waals surface area contributed by atoms with E-state index in [0.717, 1.165) is 6.33 Å². The van der Waals surface area contributed by atoms with Crippen molar-refractivity contribution in [2.24, 2.45) is 0 Å². The Morgan fingerprint density at radius 3 is 1.51 bits per heavy atom. The summed E-state index contributed by atoms with van der Waals surface area (Å²) in [7, 11) is -5.25. The van der Waals surface area contributed by atoms with E-state index in [1.807, 2.05) is 0 Å². The number of phosphoric acid groups is 1. The molecule has 3 aliphatic heterocycles. The Morgan fingerprint density at radius 2 is 1.00 bits per heavy atom. The molecule has 9 rings (SSSR count). The molecule has 0 spiro atoms. The van der Waals surface area contributed by atoms with E-state index in [1.54, 1.807) is 0 Å². The molecule has 2 unspecified atom stereocenters. The van der Waals surface area contributed by atoms with Crippen LogP contribution in [0.2, 0.25) is 0 Å². The first-order chi connectivity index (χ1) is 30.1. The standard InChI is InChI=1S/C30H37N15O15P2S/c31-22-13-25(37-4-34-22)43(7-40-13)28-19(50)16(47)11(57-28)2-54-61(51,52)59-20-18(49)12(58-29(20)44-8-41-14-23(32)35-5-38-26(14)44)3-55-62(53,63)60-21-17(48)10(1-46)56-30(21)45-9-42-15-24(33)36-6-39-27(15)45/h4-12,16-21,28-30,46-50H,1-3H2,(H,51,52)(H,53,63)(H2,31,34,37)(H2,32,35,38)(H2,33,36,39)/t10-,11-,12-,16-,17-,18-,19-,20-,21-,28-,29-,30-,62?/m1/s1. The van der Waals surface area contributed by atoms with Crippen LogP contribution in [0.4, 0.5) is 17.5 Å². The van der Waals surface area contributed by atoms with Crippen LogP contribution in [-0.2, 0) is 48.7 Å². The SMILES string of the molecule is Nc1ncnc2c1ncn2[C@@H]1O[C@H](COP(=O)(O)O[C@@H]2[C@H](O)[C@@H](COP(O)(=S)O[C@@H]3[C@H](O)[C@@H](CO)O[C@H]3n3cnc4c(N)ncnc43)O[C@H]2n2cnc3c(N)ncnc32)[C@@H](O)[C@H]1O. The molecule has 0 radical (unpaired) electrons. The Kier molecular flexibility index (Phi) is 11.6. The van der Waals surface area contributed by atoms with Gasteiger partial charge < -0.3 is 71.3 Å². The fraction of sp³-hybridized carbons (Fsp3) is 0.500. The van der Waals surface area contributed by atoms with Gasteiger partial charge in [0.25, 0.3) is 0 Å². The van der Waals surface area contributed by atoms with Gasteiger partial charge in [-0.2, -0.15) is 0 Å². The molecule has 3 aliphatic rings. The third-order valence-electron chi connectivity index (χ3n) is 10.4. The lowest BCUT2D eigenvalue weighted by Gasteiger charge is -2.27. The highest BCUT2D eigenvalue weighted by molar-refractivity contribution is 8.07. The van der Waals surface area contributed by atoms with Crippen molar-refractivity contribution in [1.82, 2.24) is 58.6 Å². The summed E-state index contributed by atoms with van der Waals surface area (Å²) in [5.74, 6) is 0.0668. The van der Waals surface area contributed by atoms with E-state index in [4.69, 9.17) is 61.3 Å². The van der Waals surface area contributed by atoms with Crippen LogP contribution in [0.1, 0.15) is 18.7 Å². The Morgan fingerprint density at radius 1 is 0.587 bits per heavy atom. The normalized spacial score (nSPS) is 31.9. The van der Waals surface area contributed by atoms with Gasteiger partial charge >= 0.3 is 14.5 Å². The van der Waals surface area contributed by atoms with Crippen molar-refractivity contribution in [3.05, 3.63) is 38.0 Å². The minimum absolute atomic E-state index is 0.0291. The molecule has 3 fully saturated rings. The second kappa shape index (κ2) is 16.7. The first-order valence-corrected chi connectivity index (χ1v) is 22.5. The minimum atomic E-state index is -5.25. The van der Waals surface area contributed by atoms with E-state index in [0.29, 0.717) is 0 Å². The monoisotopic (exact) mass is 941 g/mol. The molecular formula is C30H37N15O15P2S. The van der Waals surface area contributed by atoms with Crippen LogP contribution in [0.15, 0.2) is 38.0 Å². The molecule has 6 aromatic rings. The molecular weight excluding hydrogens is 904 g/mol. The van der Waals surface area contributed by atoms with Crippen molar-refractivity contribution < 1.29 is 72.2 Å². The second-order valence-corrected chi connectivity index (χ2v) is 18.5. The topological polar surface area (TPSA) is 432 Å². The van der Waals surface area contributed by atoms with Crippen LogP contribution in [-0.4, -0.2) is 169 Å². The third kappa shape index (κ3) is 7.99. The molecule has 338 valence electrons. The first kappa shape index (κ1) is 43.6. The smallest absolute Gasteiger partial charge is 0.394 e. The van der Waals surface area contributed by atoms with Gasteiger partial charge in [0.05, 0.1) is 38.8 Å². The summed E-state index contributed by atoms with van der Waals surface area (Å²) >= 11 is 5.29. The lowest BCUT2D eigenvalue weighted by molar-refractivity contribution is -0.0624. The number of ether oxygens (including phenoxy) is 3. The molecule has 0 aromatic carbocycles. The second-order valence-electron chi connectivity index (χ2n) is 14.3. The summed E-state index contributed by atoms with van der Waals surface area (Å²) in [6.07, 6.45) is -11.0. The number of nitrogens with zero attached hydrogens (tertiary/aromatic N) is 12. The van der Waals surface area contributed by atoms with Crippen LogP contribution >= 0.6 is 14.5 Å². The molecule has 9 heterocycles. The molecule has 0 bridgehead atoms. The van der Waals surface area contributed by atoms with E-state index in [1.165, 1.54) is 45.3 Å². The number of imidazole rings is 3. The number of fused-ring (bicyclic) bond motifs is 3. The highest BCUT2D eigenvalue weighted by atomic mass is 32.5. The number of aliphatic hydroxyl groups is 5. The van der Waals surface area contributed by atoms with E-state index >= 15 is 0 Å². The van der Waals surface area contributed by atoms with Crippen LogP contribution in [0.3, 0.4) is 0 Å². The highest BCUT2D eigenvalue weighted by Crippen LogP contribution is 2.53. The lowest BCUT2D eigenvalue weighted by Crippen LogP contribution is -2.37. The number of rotatable bonds is 14. The van der Waals surface area contributed by atoms with Gasteiger partial charge in [-0.1, -0.05) is 0 Å². The van der Waals surface area contributed by atoms with Gasteiger partial charge in [0.15, 0.2) is 53.1 Å². The highest BCUT2D eigenvalue weighted by Gasteiger charge is 2.52. The molecule has 14 atom stereocenters. The zero-order valence-electron chi connectivity index (χ0n) is 31.8. The molecule has 0 saturated carbocycles. The quantitative estimate of drug-likeness (QED) is 0.0474. The minimum Gasteiger partial charge on any atom is -0.394 e. The molecule has 0 amide bonds. The van der Waals surface area contributed by atoms with Crippen molar-refractivity contribution in [1.29, 1.82) is 0 Å². The maximum Gasteiger partial charge on any atom is 0.472 e. The maximum atomic E-state index is 13.6. The summed E-state index contributed by atoms with van der Waals surface area (Å²) < 4.78 is 57.2. The number of hydrogen-bond acceptors (Lipinski definition) is 26. The van der Waals surface area contributed by atoms with Crippen molar-refractivity contribution in [2.45, 2.75) is 73.6 Å². The number of hydrogen-bond donors (Lipinski definition) is 10. The first-order valence-electron chi connectivity index (χ1n) is 18.5. The van der Waals surface area contributed by atoms with Gasteiger partial charge in [-0.05, 0) is 11.8 Å². The Bertz CT molecular complexity index is 2750. The van der Waals surface area contributed by atoms with Crippen molar-refractivity contribution >= 4 is 77.3 Å². The summed E-state index contributed by atoms with van der Waals surface area (Å²) in [5.41, 5.74) is 18.6. The van der Waals surface area contributed by atoms with Crippen molar-refractivity contribution in [3.63, 3.8) is 0 Å². The Labute approximate surface area is 356 Å². The zero-order valence-corrected chi connectivity index (χ0v) is 34.4. The van der Waals surface area contributed by atoms with Gasteiger partial charge in [-0.25, -0.2) is 49.4 Å². The third-order valence-corrected chi connectivity index (χ3v) is 13.0. The van der Waals surface area contributed by atoms with Crippen molar-refractivity contribution in [2.75, 3.05) is 37.0 Å². The predicted octanol–water partition coefficient (Wildman–Crippen LogP) is -3.50. The lowest BCUT2D eigenvalue weighted by atomic mass is 10.1. The number of nitrogen functional groups attached to an aromatic ring is 3. The summed E-state index contributed by atoms with van der Waals surface area (Å²) in [4.78, 5) is 58.8. The number of nitrogens with two attached hydrogens (primary N) is 3. The molecule has 6 aromatic heterocycles. The van der Waals surface area contributed by atoms with Crippen LogP contribution in [0, 0.1) is 0 Å². The number of anilines is 3. The van der Waals surface area contributed by atoms with E-state index in [9.17, 15) is 39.9 Å². The van der Waals surface area contributed by atoms with Gasteiger partial charge in [-0.3, -0.25) is 27.3 Å². The molecule has 63 heavy (non-hydrogen) atoms. The molecule has 33 heteroatoms. The summed E-state index contributed by atoms with van der Waals surface area (Å²) in [6.45, 7) is -6.67. The Balaban J connectivity index is 0.913. The number of aromatic nitrogens is 12. The largest absolute Gasteiger partial charge is 0.472 e. The van der Waals surface area contributed by atoms with Crippen LogP contribution < -0.4 is 17.2 Å². The average molecular weight is 942 g/mol. The fourth-order valence-electron chi connectivity index (χ4n) is 7.37. The van der Waals surface area contributed by atoms with Crippen LogP contribution in [0.5, 0.6) is 0 Å². The van der Waals surface area contributed by atoms with Gasteiger partial charge in [-0.15, -0.1) is 0 Å². The fourth-order valence-corrected chi connectivity index (χ4v) is 9.72. The molecule has 3 saturated heterocycles. The van der Waals surface area contributed by atoms with Crippen molar-refractivity contribution in [3.8, 4) is 0 Å². The van der Waals surface area contributed by atoms with Gasteiger partial charge in [0.1, 0.15) is 90.5 Å². The predicted molar refractivity (Wildman–Crippen MR) is 210 cm³/mol. The van der Waals surface area contributed by atoms with Gasteiger partial charge in [0, 0.05) is 0 Å². The maximum absolute atomic E-state index is 13.6. The van der Waals surface area contributed by atoms with E-state index < -0.39 is 108 Å².